The average molecular weight is 442 g/mol. The van der Waals surface area contributed by atoms with Crippen LogP contribution < -0.4 is 14.2 Å². The molecule has 1 aliphatic rings. The van der Waals surface area contributed by atoms with E-state index in [1.807, 2.05) is 54.6 Å². The zero-order chi connectivity index (χ0) is 21.3. The number of hydrogen-bond acceptors (Lipinski definition) is 6. The van der Waals surface area contributed by atoms with Crippen LogP contribution in [-0.2, 0) is 4.79 Å². The zero-order valence-corrected chi connectivity index (χ0v) is 18.3. The van der Waals surface area contributed by atoms with Gasteiger partial charge in [0.05, 0.1) is 25.2 Å². The fourth-order valence-corrected chi connectivity index (χ4v) is 3.98. The highest BCUT2D eigenvalue weighted by Gasteiger charge is 2.30. The summed E-state index contributed by atoms with van der Waals surface area (Å²) in [6.45, 7) is 5.21. The Morgan fingerprint density at radius 1 is 1.00 bits per heavy atom. The van der Waals surface area contributed by atoms with Crippen LogP contribution >= 0.6 is 24.0 Å². The lowest BCUT2D eigenvalue weighted by Gasteiger charge is -2.10. The number of rotatable bonds is 10. The molecule has 0 aliphatic carbocycles. The number of ether oxygens (including phenoxy) is 3. The van der Waals surface area contributed by atoms with Crippen molar-refractivity contribution in [2.75, 3.05) is 26.9 Å². The third-order valence-electron chi connectivity index (χ3n) is 4.25. The van der Waals surface area contributed by atoms with Crippen LogP contribution in [0.25, 0.3) is 6.08 Å². The average Bonchev–Trinajstić information content (AvgIpc) is 3.03. The third kappa shape index (κ3) is 5.87. The Morgan fingerprint density at radius 3 is 2.13 bits per heavy atom. The predicted molar refractivity (Wildman–Crippen MR) is 125 cm³/mol. The fraction of sp³-hybridized carbons (Fsp3) is 0.217. The molecule has 1 fully saturated rings. The maximum absolute atomic E-state index is 12.4. The molecule has 0 bridgehead atoms. The molecule has 156 valence electrons. The van der Waals surface area contributed by atoms with Crippen LogP contribution in [0.2, 0.25) is 0 Å². The first-order valence-corrected chi connectivity index (χ1v) is 10.7. The van der Waals surface area contributed by atoms with E-state index in [4.69, 9.17) is 26.4 Å². The quantitative estimate of drug-likeness (QED) is 0.226. The van der Waals surface area contributed by atoms with Gasteiger partial charge in [-0.05, 0) is 48.0 Å². The smallest absolute Gasteiger partial charge is 0.266 e. The van der Waals surface area contributed by atoms with E-state index < -0.39 is 0 Å². The van der Waals surface area contributed by atoms with Gasteiger partial charge in [0, 0.05) is 13.0 Å². The van der Waals surface area contributed by atoms with Crippen molar-refractivity contribution in [1.82, 2.24) is 4.90 Å². The lowest BCUT2D eigenvalue weighted by molar-refractivity contribution is -0.121. The van der Waals surface area contributed by atoms with E-state index >= 15 is 0 Å². The third-order valence-corrected chi connectivity index (χ3v) is 5.63. The molecule has 1 amide bonds. The fourth-order valence-electron chi connectivity index (χ4n) is 2.71. The number of carbonyl (C=O) groups is 1. The number of amides is 1. The number of nitrogens with zero attached hydrogens (tertiary/aromatic N) is 1. The minimum absolute atomic E-state index is 0.0814. The van der Waals surface area contributed by atoms with Gasteiger partial charge < -0.3 is 14.2 Å². The van der Waals surface area contributed by atoms with Crippen molar-refractivity contribution in [2.45, 2.75) is 6.42 Å². The summed E-state index contributed by atoms with van der Waals surface area (Å²) in [5.41, 5.74) is 0.921. The van der Waals surface area contributed by atoms with Gasteiger partial charge >= 0.3 is 0 Å². The highest BCUT2D eigenvalue weighted by atomic mass is 32.2. The summed E-state index contributed by atoms with van der Waals surface area (Å²) in [5.74, 6) is 2.30. The summed E-state index contributed by atoms with van der Waals surface area (Å²) in [5, 5.41) is 0. The molecule has 3 rings (SSSR count). The molecular formula is C23H23NO4S2. The maximum Gasteiger partial charge on any atom is 0.266 e. The Bertz CT molecular complexity index is 923. The van der Waals surface area contributed by atoms with Crippen LogP contribution in [0.4, 0.5) is 0 Å². The van der Waals surface area contributed by atoms with Gasteiger partial charge in [-0.3, -0.25) is 9.69 Å². The molecule has 0 unspecified atom stereocenters. The summed E-state index contributed by atoms with van der Waals surface area (Å²) in [7, 11) is 1.64. The van der Waals surface area contributed by atoms with E-state index in [1.54, 1.807) is 18.1 Å². The van der Waals surface area contributed by atoms with Crippen LogP contribution in [0, 0.1) is 0 Å². The molecule has 2 aromatic rings. The molecule has 5 nitrogen and oxygen atoms in total. The first-order chi connectivity index (χ1) is 14.6. The van der Waals surface area contributed by atoms with Gasteiger partial charge in [-0.25, -0.2) is 0 Å². The maximum atomic E-state index is 12.4. The Kier molecular flexibility index (Phi) is 7.93. The van der Waals surface area contributed by atoms with Crippen molar-refractivity contribution in [3.63, 3.8) is 0 Å². The molecule has 0 radical (unpaired) electrons. The molecule has 2 aromatic carbocycles. The predicted octanol–water partition coefficient (Wildman–Crippen LogP) is 4.93. The number of methoxy groups -OCH3 is 1. The minimum atomic E-state index is -0.0814. The van der Waals surface area contributed by atoms with E-state index in [1.165, 1.54) is 11.8 Å². The van der Waals surface area contributed by atoms with Crippen LogP contribution in [0.15, 0.2) is 66.1 Å². The van der Waals surface area contributed by atoms with Crippen LogP contribution in [0.1, 0.15) is 12.0 Å². The Hall–Kier alpha value is -2.77. The number of benzene rings is 2. The SMILES string of the molecule is C=CCN1C(=O)/C(=C\c2ccc(OCCCOc3ccc(OC)cc3)cc2)SC1=S. The van der Waals surface area contributed by atoms with Crippen molar-refractivity contribution in [3.05, 3.63) is 71.7 Å². The molecule has 1 aliphatic heterocycles. The lowest BCUT2D eigenvalue weighted by Crippen LogP contribution is -2.27. The second-order valence-electron chi connectivity index (χ2n) is 6.38. The summed E-state index contributed by atoms with van der Waals surface area (Å²) < 4.78 is 17.1. The largest absolute Gasteiger partial charge is 0.497 e. The van der Waals surface area contributed by atoms with Crippen LogP contribution in [-0.4, -0.2) is 42.0 Å². The van der Waals surface area contributed by atoms with Crippen molar-refractivity contribution in [3.8, 4) is 17.2 Å². The zero-order valence-electron chi connectivity index (χ0n) is 16.7. The molecule has 0 N–H and O–H groups in total. The first kappa shape index (κ1) is 21.9. The monoisotopic (exact) mass is 441 g/mol. The van der Waals surface area contributed by atoms with Crippen molar-refractivity contribution in [1.29, 1.82) is 0 Å². The molecule has 0 atom stereocenters. The van der Waals surface area contributed by atoms with E-state index in [9.17, 15) is 4.79 Å². The van der Waals surface area contributed by atoms with Crippen molar-refractivity contribution in [2.24, 2.45) is 0 Å². The number of thioether (sulfide) groups is 1. The normalized spacial score (nSPS) is 14.8. The first-order valence-electron chi connectivity index (χ1n) is 9.46. The van der Waals surface area contributed by atoms with Crippen LogP contribution in [0.5, 0.6) is 17.2 Å². The summed E-state index contributed by atoms with van der Waals surface area (Å²) in [4.78, 5) is 14.5. The van der Waals surface area contributed by atoms with E-state index in [2.05, 4.69) is 6.58 Å². The molecule has 1 heterocycles. The van der Waals surface area contributed by atoms with Crippen LogP contribution in [0.3, 0.4) is 0 Å². The second kappa shape index (κ2) is 10.8. The van der Waals surface area contributed by atoms with Crippen molar-refractivity contribution < 1.29 is 19.0 Å². The Labute approximate surface area is 186 Å². The van der Waals surface area contributed by atoms with Crippen molar-refractivity contribution >= 4 is 40.3 Å². The van der Waals surface area contributed by atoms with Gasteiger partial charge in [0.25, 0.3) is 5.91 Å². The summed E-state index contributed by atoms with van der Waals surface area (Å²) in [6.07, 6.45) is 4.27. The number of thiocarbonyl (C=S) groups is 1. The van der Waals surface area contributed by atoms with Gasteiger partial charge in [0.2, 0.25) is 0 Å². The summed E-state index contributed by atoms with van der Waals surface area (Å²) in [6, 6.07) is 15.1. The van der Waals surface area contributed by atoms with Gasteiger partial charge in [0.15, 0.2) is 0 Å². The van der Waals surface area contributed by atoms with Gasteiger partial charge in [0.1, 0.15) is 21.6 Å². The highest BCUT2D eigenvalue weighted by Crippen LogP contribution is 2.32. The van der Waals surface area contributed by atoms with E-state index in [0.29, 0.717) is 29.0 Å². The number of carbonyl (C=O) groups excluding carboxylic acids is 1. The van der Waals surface area contributed by atoms with E-state index in [-0.39, 0.29) is 5.91 Å². The standard InChI is InChI=1S/C23H23NO4S2/c1-3-13-24-22(25)21(30-23(24)29)16-17-5-7-19(8-6-17)27-14-4-15-28-20-11-9-18(26-2)10-12-20/h3,5-12,16H,1,4,13-15H2,2H3/b21-16+. The molecule has 0 saturated carbocycles. The van der Waals surface area contributed by atoms with Gasteiger partial charge in [-0.2, -0.15) is 0 Å². The molecular weight excluding hydrogens is 418 g/mol. The Morgan fingerprint density at radius 2 is 1.57 bits per heavy atom. The number of hydrogen-bond donors (Lipinski definition) is 0. The molecule has 0 aromatic heterocycles. The van der Waals surface area contributed by atoms with E-state index in [0.717, 1.165) is 29.2 Å². The lowest BCUT2D eigenvalue weighted by atomic mass is 10.2. The second-order valence-corrected chi connectivity index (χ2v) is 8.05. The highest BCUT2D eigenvalue weighted by molar-refractivity contribution is 8.26. The Balaban J connectivity index is 1.44. The minimum Gasteiger partial charge on any atom is -0.497 e. The van der Waals surface area contributed by atoms with Gasteiger partial charge in [-0.1, -0.05) is 42.2 Å². The molecule has 7 heteroatoms. The topological polar surface area (TPSA) is 48.0 Å². The molecule has 0 spiro atoms. The van der Waals surface area contributed by atoms with Gasteiger partial charge in [-0.15, -0.1) is 6.58 Å². The molecule has 1 saturated heterocycles. The molecule has 30 heavy (non-hydrogen) atoms. The summed E-state index contributed by atoms with van der Waals surface area (Å²) >= 11 is 6.56.